The number of halogens is 5. The van der Waals surface area contributed by atoms with E-state index in [-0.39, 0.29) is 18.8 Å². The van der Waals surface area contributed by atoms with Gasteiger partial charge in [0.05, 0.1) is 5.92 Å². The fourth-order valence-corrected chi connectivity index (χ4v) is 3.01. The number of ether oxygens (including phenoxy) is 1. The third-order valence-corrected chi connectivity index (χ3v) is 4.59. The molecule has 4 unspecified atom stereocenters. The topological polar surface area (TPSA) is 87.0 Å². The number of aliphatic hydroxyl groups is 3. The van der Waals surface area contributed by atoms with Gasteiger partial charge < -0.3 is 20.1 Å². The van der Waals surface area contributed by atoms with Crippen molar-refractivity contribution in [2.45, 2.75) is 43.3 Å². The van der Waals surface area contributed by atoms with Crippen LogP contribution in [0.15, 0.2) is 12.2 Å². The number of carbonyl (C=O) groups is 1. The molecule has 4 atom stereocenters. The highest BCUT2D eigenvalue weighted by molar-refractivity contribution is 5.74. The van der Waals surface area contributed by atoms with Gasteiger partial charge in [0.2, 0.25) is 0 Å². The van der Waals surface area contributed by atoms with Gasteiger partial charge in [0, 0.05) is 0 Å². The molecular weight excluding hydrogens is 343 g/mol. The van der Waals surface area contributed by atoms with E-state index in [0.717, 1.165) is 0 Å². The molecule has 0 aromatic carbocycles. The number of allylic oxidation sites excluding steroid dienone is 2. The number of hydrogen-bond acceptors (Lipinski definition) is 5. The van der Waals surface area contributed by atoms with Gasteiger partial charge in [-0.3, -0.25) is 4.79 Å². The lowest BCUT2D eigenvalue weighted by Gasteiger charge is -2.40. The summed E-state index contributed by atoms with van der Waals surface area (Å²) < 4.78 is 69.3. The van der Waals surface area contributed by atoms with Crippen LogP contribution in [0.3, 0.4) is 0 Å². The molecule has 3 N–H and O–H groups in total. The molecular formula is C14H17F5O5. The molecule has 0 radical (unpaired) electrons. The highest BCUT2D eigenvalue weighted by Crippen LogP contribution is 2.47. The van der Waals surface area contributed by atoms with Gasteiger partial charge in [0.15, 0.2) is 5.60 Å². The minimum atomic E-state index is -6.13. The van der Waals surface area contributed by atoms with Crippen LogP contribution in [0.1, 0.15) is 19.8 Å². The Kier molecular flexibility index (Phi) is 4.48. The average Bonchev–Trinajstić information content (AvgIpc) is 3.05. The molecule has 0 heterocycles. The van der Waals surface area contributed by atoms with Crippen molar-refractivity contribution < 1.29 is 46.8 Å². The number of hydrogen-bond donors (Lipinski definition) is 3. The van der Waals surface area contributed by atoms with Crippen LogP contribution in [0.4, 0.5) is 22.0 Å². The lowest BCUT2D eigenvalue weighted by Crippen LogP contribution is -2.69. The molecule has 138 valence electrons. The highest BCUT2D eigenvalue weighted by atomic mass is 19.4. The average molecular weight is 360 g/mol. The molecule has 2 aliphatic carbocycles. The van der Waals surface area contributed by atoms with E-state index in [2.05, 4.69) is 4.74 Å². The van der Waals surface area contributed by atoms with Crippen LogP contribution in [0.2, 0.25) is 0 Å². The summed E-state index contributed by atoms with van der Waals surface area (Å²) in [6.45, 7) is -1.29. The Balaban J connectivity index is 2.05. The Morgan fingerprint density at radius 3 is 2.12 bits per heavy atom. The van der Waals surface area contributed by atoms with Gasteiger partial charge in [-0.1, -0.05) is 12.2 Å². The van der Waals surface area contributed by atoms with Gasteiger partial charge in [-0.25, -0.2) is 0 Å². The fraction of sp³-hybridized carbons (Fsp3) is 0.786. The van der Waals surface area contributed by atoms with Crippen molar-refractivity contribution in [1.29, 1.82) is 0 Å². The zero-order valence-corrected chi connectivity index (χ0v) is 12.6. The van der Waals surface area contributed by atoms with Crippen molar-refractivity contribution in [3.8, 4) is 0 Å². The van der Waals surface area contributed by atoms with E-state index in [1.54, 1.807) is 6.08 Å². The van der Waals surface area contributed by atoms with Crippen molar-refractivity contribution in [2.24, 2.45) is 17.8 Å². The summed E-state index contributed by atoms with van der Waals surface area (Å²) in [5.41, 5.74) is -3.64. The van der Waals surface area contributed by atoms with Crippen LogP contribution in [0, 0.1) is 17.8 Å². The third-order valence-electron chi connectivity index (χ3n) is 4.59. The summed E-state index contributed by atoms with van der Waals surface area (Å²) in [7, 11) is 0. The van der Waals surface area contributed by atoms with E-state index in [1.807, 2.05) is 6.08 Å². The van der Waals surface area contributed by atoms with E-state index in [9.17, 15) is 31.9 Å². The fourth-order valence-electron chi connectivity index (χ4n) is 3.01. The second kappa shape index (κ2) is 5.63. The zero-order chi connectivity index (χ0) is 18.6. The van der Waals surface area contributed by atoms with Gasteiger partial charge in [0.1, 0.15) is 6.61 Å². The van der Waals surface area contributed by atoms with E-state index in [0.29, 0.717) is 12.8 Å². The largest absolute Gasteiger partial charge is 0.462 e. The van der Waals surface area contributed by atoms with Crippen LogP contribution >= 0.6 is 0 Å². The summed E-state index contributed by atoms with van der Waals surface area (Å²) >= 11 is 0. The Morgan fingerprint density at radius 2 is 1.71 bits per heavy atom. The maximum Gasteiger partial charge on any atom is 0.449 e. The molecule has 10 heteroatoms. The Labute approximate surface area is 133 Å². The third kappa shape index (κ3) is 2.91. The normalized spacial score (nSPS) is 29.6. The summed E-state index contributed by atoms with van der Waals surface area (Å²) in [5.74, 6) is -12.4. The van der Waals surface area contributed by atoms with E-state index in [1.165, 1.54) is 0 Å². The molecule has 1 fully saturated rings. The Bertz CT molecular complexity index is 540. The maximum absolute atomic E-state index is 13.8. The van der Waals surface area contributed by atoms with Crippen LogP contribution in [0.5, 0.6) is 0 Å². The van der Waals surface area contributed by atoms with Crippen LogP contribution < -0.4 is 0 Å². The lowest BCUT2D eigenvalue weighted by atomic mass is 9.90. The van der Waals surface area contributed by atoms with Crippen LogP contribution in [-0.2, 0) is 9.53 Å². The summed E-state index contributed by atoms with van der Waals surface area (Å²) in [5, 5.41) is 27.1. The van der Waals surface area contributed by atoms with Gasteiger partial charge in [-0.15, -0.1) is 0 Å². The second-order valence-corrected chi connectivity index (χ2v) is 6.51. The predicted octanol–water partition coefficient (Wildman–Crippen LogP) is 1.37. The van der Waals surface area contributed by atoms with Crippen molar-refractivity contribution in [3.05, 3.63) is 12.2 Å². The molecule has 0 amide bonds. The number of fused-ring (bicyclic) bond motifs is 2. The van der Waals surface area contributed by atoms with Crippen molar-refractivity contribution in [1.82, 2.24) is 0 Å². The first-order chi connectivity index (χ1) is 10.7. The number of alkyl halides is 5. The zero-order valence-electron chi connectivity index (χ0n) is 12.6. The van der Waals surface area contributed by atoms with E-state index >= 15 is 0 Å². The van der Waals surface area contributed by atoms with Crippen molar-refractivity contribution >= 4 is 5.97 Å². The molecule has 2 aliphatic rings. The summed E-state index contributed by atoms with van der Waals surface area (Å²) in [6, 6.07) is 0. The van der Waals surface area contributed by atoms with Crippen molar-refractivity contribution in [3.63, 3.8) is 0 Å². The predicted molar refractivity (Wildman–Crippen MR) is 68.6 cm³/mol. The summed E-state index contributed by atoms with van der Waals surface area (Å²) in [4.78, 5) is 11.9. The first kappa shape index (κ1) is 19.1. The molecule has 24 heavy (non-hydrogen) atoms. The minimum Gasteiger partial charge on any atom is -0.462 e. The molecule has 0 spiro atoms. The molecule has 0 aromatic heterocycles. The standard InChI is InChI=1S/C14H17F5O5/c1-11(21,12(15,16)13(22,23)14(17,18)19)6-24-10(20)9-5-7-2-3-8(9)4-7/h2-3,7-9,21-23H,4-6H2,1H3. The second-order valence-electron chi connectivity index (χ2n) is 6.51. The minimum absolute atomic E-state index is 0.127. The molecule has 0 aliphatic heterocycles. The quantitative estimate of drug-likeness (QED) is 0.298. The molecule has 5 nitrogen and oxygen atoms in total. The monoisotopic (exact) mass is 360 g/mol. The number of rotatable bonds is 5. The highest BCUT2D eigenvalue weighted by Gasteiger charge is 2.75. The molecule has 1 saturated carbocycles. The summed E-state index contributed by atoms with van der Waals surface area (Å²) in [6.07, 6.45) is -1.29. The van der Waals surface area contributed by atoms with Crippen LogP contribution in [0.25, 0.3) is 0 Å². The van der Waals surface area contributed by atoms with Gasteiger partial charge in [-0.2, -0.15) is 22.0 Å². The van der Waals surface area contributed by atoms with Gasteiger partial charge in [-0.05, 0) is 31.6 Å². The lowest BCUT2D eigenvalue weighted by molar-refractivity contribution is -0.441. The van der Waals surface area contributed by atoms with Gasteiger partial charge in [0.25, 0.3) is 0 Å². The van der Waals surface area contributed by atoms with Gasteiger partial charge >= 0.3 is 23.9 Å². The molecule has 2 bridgehead atoms. The SMILES string of the molecule is CC(O)(COC(=O)C1CC2C=CC1C2)C(F)(F)C(O)(O)C(F)(F)F. The smallest absolute Gasteiger partial charge is 0.449 e. The first-order valence-corrected chi connectivity index (χ1v) is 7.17. The van der Waals surface area contributed by atoms with E-state index in [4.69, 9.17) is 10.2 Å². The number of esters is 1. The van der Waals surface area contributed by atoms with Crippen LogP contribution in [-0.4, -0.2) is 51.4 Å². The first-order valence-electron chi connectivity index (χ1n) is 7.17. The maximum atomic E-state index is 13.8. The van der Waals surface area contributed by atoms with Crippen molar-refractivity contribution in [2.75, 3.05) is 6.61 Å². The molecule has 2 rings (SSSR count). The molecule has 0 aromatic rings. The number of carbonyl (C=O) groups excluding carboxylic acids is 1. The Morgan fingerprint density at radius 1 is 1.12 bits per heavy atom. The molecule has 0 saturated heterocycles. The Hall–Kier alpha value is -1.26. The van der Waals surface area contributed by atoms with E-state index < -0.39 is 42.0 Å².